The maximum Gasteiger partial charge on any atom is 0.264 e. The Morgan fingerprint density at radius 2 is 1.89 bits per heavy atom. The summed E-state index contributed by atoms with van der Waals surface area (Å²) in [5.74, 6) is 0.134. The molecule has 0 aliphatic carbocycles. The third kappa shape index (κ3) is 3.26. The molecule has 1 saturated heterocycles. The first-order chi connectivity index (χ1) is 13.0. The highest BCUT2D eigenvalue weighted by Crippen LogP contribution is 2.35. The maximum atomic E-state index is 13.6. The number of carbonyl (C=O) groups excluding carboxylic acids is 1. The van der Waals surface area contributed by atoms with Gasteiger partial charge in [0, 0.05) is 30.7 Å². The molecule has 0 spiro atoms. The van der Waals surface area contributed by atoms with Crippen molar-refractivity contribution in [2.24, 2.45) is 0 Å². The standard InChI is InChI=1S/C22H25N3OS/c1-14-12-15(2)23-21-19(14)16(3)20(27-21)22(26)25-11-10-24(4)13-18(25)17-8-6-5-7-9-17/h5-9,12,18H,10-11,13H2,1-4H3/t18-/m1/s1. The molecular formula is C22H25N3OS. The summed E-state index contributed by atoms with van der Waals surface area (Å²) in [5, 5.41) is 1.14. The Morgan fingerprint density at radius 3 is 2.63 bits per heavy atom. The van der Waals surface area contributed by atoms with E-state index in [0.717, 1.165) is 46.0 Å². The molecule has 3 heterocycles. The zero-order chi connectivity index (χ0) is 19.1. The Balaban J connectivity index is 1.76. The van der Waals surface area contributed by atoms with Crippen molar-refractivity contribution in [3.8, 4) is 0 Å². The fourth-order valence-electron chi connectivity index (χ4n) is 4.08. The molecule has 1 fully saturated rings. The highest BCUT2D eigenvalue weighted by atomic mass is 32.1. The first kappa shape index (κ1) is 18.1. The quantitative estimate of drug-likeness (QED) is 0.664. The lowest BCUT2D eigenvalue weighted by molar-refractivity contribution is 0.0502. The Bertz CT molecular complexity index is 996. The average Bonchev–Trinajstić information content (AvgIpc) is 2.98. The molecule has 0 radical (unpaired) electrons. The Kier molecular flexibility index (Phi) is 4.74. The summed E-state index contributed by atoms with van der Waals surface area (Å²) in [6.45, 7) is 8.67. The smallest absolute Gasteiger partial charge is 0.264 e. The normalized spacial score (nSPS) is 18.2. The average molecular weight is 380 g/mol. The second kappa shape index (κ2) is 7.06. The second-order valence-corrected chi connectivity index (χ2v) is 8.50. The maximum absolute atomic E-state index is 13.6. The molecule has 5 heteroatoms. The van der Waals surface area contributed by atoms with Crippen molar-refractivity contribution in [1.82, 2.24) is 14.8 Å². The van der Waals surface area contributed by atoms with Crippen molar-refractivity contribution in [3.05, 3.63) is 63.7 Å². The van der Waals surface area contributed by atoms with Crippen LogP contribution in [0.2, 0.25) is 0 Å². The third-order valence-corrected chi connectivity index (χ3v) is 6.62. The number of pyridine rings is 1. The number of aryl methyl sites for hydroxylation is 3. The number of aromatic nitrogens is 1. The lowest BCUT2D eigenvalue weighted by Crippen LogP contribution is -2.49. The van der Waals surface area contributed by atoms with E-state index in [-0.39, 0.29) is 11.9 Å². The van der Waals surface area contributed by atoms with E-state index in [4.69, 9.17) is 0 Å². The van der Waals surface area contributed by atoms with Gasteiger partial charge >= 0.3 is 0 Å². The van der Waals surface area contributed by atoms with Gasteiger partial charge in [-0.2, -0.15) is 0 Å². The summed E-state index contributed by atoms with van der Waals surface area (Å²) in [5.41, 5.74) is 4.46. The van der Waals surface area contributed by atoms with Crippen LogP contribution in [0.3, 0.4) is 0 Å². The summed E-state index contributed by atoms with van der Waals surface area (Å²) in [6, 6.07) is 12.5. The first-order valence-corrected chi connectivity index (χ1v) is 10.2. The van der Waals surface area contributed by atoms with Gasteiger partial charge in [-0.15, -0.1) is 11.3 Å². The molecule has 1 atom stereocenters. The van der Waals surface area contributed by atoms with Crippen LogP contribution in [0.1, 0.15) is 38.1 Å². The minimum absolute atomic E-state index is 0.0813. The molecule has 140 valence electrons. The van der Waals surface area contributed by atoms with Crippen LogP contribution < -0.4 is 0 Å². The fourth-order valence-corrected chi connectivity index (χ4v) is 5.34. The first-order valence-electron chi connectivity index (χ1n) is 9.37. The van der Waals surface area contributed by atoms with Crippen molar-refractivity contribution >= 4 is 27.5 Å². The van der Waals surface area contributed by atoms with Gasteiger partial charge in [0.15, 0.2) is 0 Å². The minimum atomic E-state index is 0.0813. The summed E-state index contributed by atoms with van der Waals surface area (Å²) in [7, 11) is 2.12. The van der Waals surface area contributed by atoms with Gasteiger partial charge in [-0.25, -0.2) is 4.98 Å². The van der Waals surface area contributed by atoms with Crippen LogP contribution in [0.15, 0.2) is 36.4 Å². The number of thiophene rings is 1. The molecule has 0 N–H and O–H groups in total. The number of carbonyl (C=O) groups is 1. The molecule has 1 aromatic carbocycles. The molecule has 0 unspecified atom stereocenters. The van der Waals surface area contributed by atoms with Gasteiger partial charge in [0.25, 0.3) is 5.91 Å². The van der Waals surface area contributed by atoms with Crippen molar-refractivity contribution in [2.75, 3.05) is 26.7 Å². The van der Waals surface area contributed by atoms with E-state index >= 15 is 0 Å². The van der Waals surface area contributed by atoms with Gasteiger partial charge in [-0.1, -0.05) is 30.3 Å². The number of amides is 1. The zero-order valence-corrected chi connectivity index (χ0v) is 17.1. The van der Waals surface area contributed by atoms with Gasteiger partial charge in [-0.05, 0) is 50.6 Å². The van der Waals surface area contributed by atoms with Crippen molar-refractivity contribution in [1.29, 1.82) is 0 Å². The van der Waals surface area contributed by atoms with Crippen molar-refractivity contribution in [3.63, 3.8) is 0 Å². The van der Waals surface area contributed by atoms with E-state index in [1.807, 2.05) is 25.1 Å². The van der Waals surface area contributed by atoms with Crippen LogP contribution in [0.25, 0.3) is 10.2 Å². The summed E-state index contributed by atoms with van der Waals surface area (Å²) < 4.78 is 0. The number of likely N-dealkylation sites (N-methyl/N-ethyl adjacent to an activating group) is 1. The Hall–Kier alpha value is -2.24. The number of hydrogen-bond acceptors (Lipinski definition) is 4. The molecule has 3 aromatic rings. The summed E-state index contributed by atoms with van der Waals surface area (Å²) in [4.78, 5) is 24.4. The van der Waals surface area contributed by atoms with E-state index in [2.05, 4.69) is 53.9 Å². The number of piperazine rings is 1. The van der Waals surface area contributed by atoms with Crippen LogP contribution in [0.5, 0.6) is 0 Å². The van der Waals surface area contributed by atoms with E-state index in [9.17, 15) is 4.79 Å². The van der Waals surface area contributed by atoms with E-state index in [1.54, 1.807) is 0 Å². The molecule has 0 saturated carbocycles. The van der Waals surface area contributed by atoms with E-state index in [0.29, 0.717) is 0 Å². The van der Waals surface area contributed by atoms with Crippen LogP contribution >= 0.6 is 11.3 Å². The van der Waals surface area contributed by atoms with Gasteiger partial charge in [0.05, 0.1) is 10.9 Å². The molecule has 1 aliphatic heterocycles. The van der Waals surface area contributed by atoms with E-state index < -0.39 is 0 Å². The lowest BCUT2D eigenvalue weighted by atomic mass is 10.0. The number of nitrogens with zero attached hydrogens (tertiary/aromatic N) is 3. The predicted molar refractivity (Wildman–Crippen MR) is 112 cm³/mol. The Labute approximate surface area is 164 Å². The van der Waals surface area contributed by atoms with Crippen LogP contribution in [0.4, 0.5) is 0 Å². The minimum Gasteiger partial charge on any atom is -0.328 e. The highest BCUT2D eigenvalue weighted by Gasteiger charge is 2.32. The molecule has 4 rings (SSSR count). The largest absolute Gasteiger partial charge is 0.328 e. The van der Waals surface area contributed by atoms with Crippen LogP contribution in [0, 0.1) is 20.8 Å². The molecule has 4 nitrogen and oxygen atoms in total. The number of fused-ring (bicyclic) bond motifs is 1. The van der Waals surface area contributed by atoms with Gasteiger partial charge in [0.1, 0.15) is 4.83 Å². The van der Waals surface area contributed by atoms with Crippen molar-refractivity contribution < 1.29 is 4.79 Å². The Morgan fingerprint density at radius 1 is 1.15 bits per heavy atom. The molecule has 27 heavy (non-hydrogen) atoms. The van der Waals surface area contributed by atoms with Gasteiger partial charge in [0.2, 0.25) is 0 Å². The lowest BCUT2D eigenvalue weighted by Gasteiger charge is -2.40. The third-order valence-electron chi connectivity index (χ3n) is 5.45. The number of rotatable bonds is 2. The second-order valence-electron chi connectivity index (χ2n) is 7.50. The number of benzene rings is 1. The molecule has 1 amide bonds. The fraction of sp³-hybridized carbons (Fsp3) is 0.364. The summed E-state index contributed by atoms with van der Waals surface area (Å²) in [6.07, 6.45) is 0. The topological polar surface area (TPSA) is 36.4 Å². The molecule has 1 aliphatic rings. The van der Waals surface area contributed by atoms with Crippen molar-refractivity contribution in [2.45, 2.75) is 26.8 Å². The highest BCUT2D eigenvalue weighted by molar-refractivity contribution is 7.20. The van der Waals surface area contributed by atoms with Crippen LogP contribution in [-0.4, -0.2) is 47.4 Å². The zero-order valence-electron chi connectivity index (χ0n) is 16.3. The molecular weight excluding hydrogens is 354 g/mol. The molecule has 2 aromatic heterocycles. The van der Waals surface area contributed by atoms with E-state index in [1.165, 1.54) is 22.5 Å². The summed E-state index contributed by atoms with van der Waals surface area (Å²) >= 11 is 1.54. The van der Waals surface area contributed by atoms with Gasteiger partial charge in [-0.3, -0.25) is 4.79 Å². The van der Waals surface area contributed by atoms with Gasteiger partial charge < -0.3 is 9.80 Å². The number of hydrogen-bond donors (Lipinski definition) is 0. The molecule has 0 bridgehead atoms. The SMILES string of the molecule is Cc1cc(C)c2c(C)c(C(=O)N3CCN(C)C[C@@H]3c3ccccc3)sc2n1. The van der Waals surface area contributed by atoms with Crippen LogP contribution in [-0.2, 0) is 0 Å². The predicted octanol–water partition coefficient (Wildman–Crippen LogP) is 4.35. The monoisotopic (exact) mass is 379 g/mol.